The van der Waals surface area contributed by atoms with Crippen molar-refractivity contribution in [3.05, 3.63) is 75.9 Å². The predicted octanol–water partition coefficient (Wildman–Crippen LogP) is 0.188. The lowest BCUT2D eigenvalue weighted by Gasteiger charge is -2.34. The first-order valence-electron chi connectivity index (χ1n) is 13.7. The summed E-state index contributed by atoms with van der Waals surface area (Å²) in [4.78, 5) is 70.2. The Morgan fingerprint density at radius 2 is 1.87 bits per heavy atom. The highest BCUT2D eigenvalue weighted by atomic mass is 35.5. The van der Waals surface area contributed by atoms with E-state index in [0.29, 0.717) is 16.0 Å². The van der Waals surface area contributed by atoms with Crippen LogP contribution < -0.4 is 21.0 Å². The first kappa shape index (κ1) is 31.9. The number of carbonyl (C=O) groups is 5. The fourth-order valence-electron chi connectivity index (χ4n) is 5.03. The number of aromatic carboxylic acids is 1. The minimum absolute atomic E-state index is 0.0314. The number of hydrogen-bond acceptors (Lipinski definition) is 11. The third-order valence-electron chi connectivity index (χ3n) is 7.42. The minimum atomic E-state index is -1.73. The summed E-state index contributed by atoms with van der Waals surface area (Å²) in [6.07, 6.45) is 1.38. The number of phenolic OH excluding ortho intramolecular Hbond substituents is 2. The Morgan fingerprint density at radius 3 is 2.57 bits per heavy atom. The quantitative estimate of drug-likeness (QED) is 0.103. The number of nitrogen functional groups attached to an aromatic ring is 1. The van der Waals surface area contributed by atoms with Gasteiger partial charge in [0.25, 0.3) is 0 Å². The van der Waals surface area contributed by atoms with E-state index in [1.54, 1.807) is 12.1 Å². The largest absolute Gasteiger partial charge is 0.547 e. The van der Waals surface area contributed by atoms with Crippen LogP contribution >= 0.6 is 11.6 Å². The van der Waals surface area contributed by atoms with Crippen LogP contribution in [0.1, 0.15) is 33.1 Å². The summed E-state index contributed by atoms with van der Waals surface area (Å²) in [5.74, 6) is -6.79. The number of aromatic hydroxyl groups is 2. The molecule has 2 aliphatic heterocycles. The summed E-state index contributed by atoms with van der Waals surface area (Å²) < 4.78 is 5.41. The van der Waals surface area contributed by atoms with E-state index >= 15 is 0 Å². The Labute approximate surface area is 265 Å². The molecule has 2 aliphatic rings. The topological polar surface area (TPSA) is 245 Å². The molecule has 0 saturated carbocycles. The normalized spacial score (nSPS) is 16.7. The first-order valence-corrected chi connectivity index (χ1v) is 14.1. The molecule has 1 saturated heterocycles. The van der Waals surface area contributed by atoms with Gasteiger partial charge in [-0.25, -0.2) is 14.6 Å². The average Bonchev–Trinajstić information content (AvgIpc) is 3.02. The van der Waals surface area contributed by atoms with Gasteiger partial charge in [-0.05, 0) is 35.7 Å². The molecule has 5 amide bonds. The summed E-state index contributed by atoms with van der Waals surface area (Å²) in [6, 6.07) is 6.77. The lowest BCUT2D eigenvalue weighted by atomic mass is 9.72. The van der Waals surface area contributed by atoms with Crippen molar-refractivity contribution in [2.24, 2.45) is 0 Å². The molecular weight excluding hydrogens is 627 g/mol. The Bertz CT molecular complexity index is 1740. The molecular formula is C28H26BClN6O10. The van der Waals surface area contributed by atoms with E-state index in [2.05, 4.69) is 15.6 Å². The molecule has 238 valence electrons. The number of carboxylic acid groups (broad SMARTS) is 1. The zero-order valence-corrected chi connectivity index (χ0v) is 24.5. The average molecular weight is 653 g/mol. The standard InChI is InChI=1S/C28H26BClN6O10/c30-20-15(5-6-17(37)22(20)38)21(24(39)33-18-10-14-2-1-3-16(27(42)43)23(14)46-29(18)45)34-28(44)36-9-8-35(25(40)26(36)41)12-13-4-7-19(31)32-11-13/h1-7,11,18,21,37-38,45H,8-10,12H2,(H2,31,32)(H,33,39)(H,34,44)(H,42,43)/t18-,21?/m0/s1. The van der Waals surface area contributed by atoms with Gasteiger partial charge in [0, 0.05) is 31.4 Å². The highest BCUT2D eigenvalue weighted by Gasteiger charge is 2.41. The molecule has 0 aliphatic carbocycles. The molecule has 1 aromatic heterocycles. The van der Waals surface area contributed by atoms with Gasteiger partial charge in [-0.1, -0.05) is 35.9 Å². The van der Waals surface area contributed by atoms with Crippen LogP contribution in [-0.4, -0.2) is 91.0 Å². The monoisotopic (exact) mass is 652 g/mol. The highest BCUT2D eigenvalue weighted by molar-refractivity contribution is 6.47. The molecule has 8 N–H and O–H groups in total. The summed E-state index contributed by atoms with van der Waals surface area (Å²) in [5, 5.41) is 44.5. The highest BCUT2D eigenvalue weighted by Crippen LogP contribution is 2.38. The Kier molecular flexibility index (Phi) is 8.88. The van der Waals surface area contributed by atoms with Crippen molar-refractivity contribution in [1.29, 1.82) is 0 Å². The number of rotatable bonds is 7. The fourth-order valence-corrected chi connectivity index (χ4v) is 5.30. The number of anilines is 1. The molecule has 3 heterocycles. The van der Waals surface area contributed by atoms with Crippen molar-refractivity contribution in [2.45, 2.75) is 24.9 Å². The number of nitrogens with two attached hydrogens (primary N) is 1. The molecule has 0 spiro atoms. The molecule has 0 bridgehead atoms. The number of piperazine rings is 1. The van der Waals surface area contributed by atoms with Gasteiger partial charge in [0.05, 0.1) is 16.5 Å². The number of phenols is 2. The number of nitrogens with one attached hydrogen (secondary N) is 2. The van der Waals surface area contributed by atoms with Crippen LogP contribution in [0.3, 0.4) is 0 Å². The first-order chi connectivity index (χ1) is 21.8. The smallest absolute Gasteiger partial charge is 0.534 e. The van der Waals surface area contributed by atoms with Crippen molar-refractivity contribution in [3.63, 3.8) is 0 Å². The van der Waals surface area contributed by atoms with Crippen LogP contribution in [-0.2, 0) is 27.3 Å². The number of aromatic nitrogens is 1. The number of fused-ring (bicyclic) bond motifs is 1. The number of carbonyl (C=O) groups excluding carboxylic acids is 4. The van der Waals surface area contributed by atoms with Gasteiger partial charge in [-0.3, -0.25) is 19.3 Å². The van der Waals surface area contributed by atoms with Crippen LogP contribution in [0.4, 0.5) is 10.6 Å². The van der Waals surface area contributed by atoms with Crippen LogP contribution in [0.2, 0.25) is 5.02 Å². The van der Waals surface area contributed by atoms with Crippen molar-refractivity contribution < 1.29 is 49.0 Å². The van der Waals surface area contributed by atoms with Crippen molar-refractivity contribution in [2.75, 3.05) is 18.8 Å². The number of amides is 5. The summed E-state index contributed by atoms with van der Waals surface area (Å²) in [6.45, 7) is -0.244. The van der Waals surface area contributed by atoms with Crippen molar-refractivity contribution in [3.8, 4) is 17.2 Å². The number of urea groups is 1. The summed E-state index contributed by atoms with van der Waals surface area (Å²) >= 11 is 6.22. The van der Waals surface area contributed by atoms with Gasteiger partial charge in [0.15, 0.2) is 11.5 Å². The lowest BCUT2D eigenvalue weighted by Crippen LogP contribution is -2.60. The third-order valence-corrected chi connectivity index (χ3v) is 7.82. The Balaban J connectivity index is 1.35. The molecule has 1 fully saturated rings. The Hall–Kier alpha value is -5.55. The van der Waals surface area contributed by atoms with Gasteiger partial charge in [-0.15, -0.1) is 0 Å². The van der Waals surface area contributed by atoms with Gasteiger partial charge >= 0.3 is 30.9 Å². The number of imide groups is 1. The van der Waals surface area contributed by atoms with Crippen LogP contribution in [0.25, 0.3) is 0 Å². The summed E-state index contributed by atoms with van der Waals surface area (Å²) in [5.41, 5.74) is 6.16. The van der Waals surface area contributed by atoms with E-state index in [9.17, 15) is 44.3 Å². The van der Waals surface area contributed by atoms with Gasteiger partial charge < -0.3 is 46.3 Å². The second kappa shape index (κ2) is 12.8. The Morgan fingerprint density at radius 1 is 1.11 bits per heavy atom. The zero-order valence-electron chi connectivity index (χ0n) is 23.7. The van der Waals surface area contributed by atoms with Gasteiger partial charge in [0.2, 0.25) is 5.91 Å². The fraction of sp³-hybridized carbons (Fsp3) is 0.214. The number of para-hydroxylation sites is 1. The second-order valence-corrected chi connectivity index (χ2v) is 10.8. The number of carboxylic acids is 1. The molecule has 2 atom stereocenters. The second-order valence-electron chi connectivity index (χ2n) is 10.4. The van der Waals surface area contributed by atoms with E-state index in [-0.39, 0.29) is 48.7 Å². The predicted molar refractivity (Wildman–Crippen MR) is 159 cm³/mol. The maximum absolute atomic E-state index is 13.7. The number of hydrogen-bond donors (Lipinski definition) is 7. The third kappa shape index (κ3) is 6.31. The molecule has 0 radical (unpaired) electrons. The minimum Gasteiger partial charge on any atom is -0.534 e. The molecule has 2 aromatic carbocycles. The summed E-state index contributed by atoms with van der Waals surface area (Å²) in [7, 11) is -1.71. The van der Waals surface area contributed by atoms with Crippen LogP contribution in [0.15, 0.2) is 48.7 Å². The number of benzene rings is 2. The number of halogens is 1. The molecule has 3 aromatic rings. The zero-order chi connectivity index (χ0) is 33.3. The van der Waals surface area contributed by atoms with Crippen molar-refractivity contribution >= 4 is 54.3 Å². The van der Waals surface area contributed by atoms with E-state index in [4.69, 9.17) is 22.0 Å². The van der Waals surface area contributed by atoms with Gasteiger partial charge in [-0.2, -0.15) is 0 Å². The van der Waals surface area contributed by atoms with Crippen LogP contribution in [0, 0.1) is 0 Å². The van der Waals surface area contributed by atoms with Crippen LogP contribution in [0.5, 0.6) is 17.2 Å². The van der Waals surface area contributed by atoms with E-state index in [1.807, 2.05) is 0 Å². The maximum Gasteiger partial charge on any atom is 0.547 e. The number of pyridine rings is 1. The van der Waals surface area contributed by atoms with Gasteiger partial charge in [0.1, 0.15) is 17.6 Å². The molecule has 5 rings (SSSR count). The molecule has 46 heavy (non-hydrogen) atoms. The molecule has 18 heteroatoms. The molecule has 16 nitrogen and oxygen atoms in total. The SMILES string of the molecule is Nc1ccc(CN2CCN(C(=O)NC(C(=O)N[C@H]3Cc4cccc(C(=O)O)c4OB3O)c3ccc(O)c(O)c3Cl)C(=O)C2=O)cn1. The van der Waals surface area contributed by atoms with Crippen molar-refractivity contribution in [1.82, 2.24) is 25.4 Å². The number of nitrogens with zero attached hydrogens (tertiary/aromatic N) is 3. The molecule has 1 unspecified atom stereocenters. The lowest BCUT2D eigenvalue weighted by molar-refractivity contribution is -0.154. The van der Waals surface area contributed by atoms with E-state index in [0.717, 1.165) is 12.1 Å². The van der Waals surface area contributed by atoms with E-state index < -0.39 is 65.3 Å². The maximum atomic E-state index is 13.7. The van der Waals surface area contributed by atoms with E-state index in [1.165, 1.54) is 29.3 Å².